The minimum Gasteiger partial charge on any atom is -0.451 e. The summed E-state index contributed by atoms with van der Waals surface area (Å²) in [5, 5.41) is 5.06. The van der Waals surface area contributed by atoms with E-state index in [1.807, 2.05) is 0 Å². The lowest BCUT2D eigenvalue weighted by molar-refractivity contribution is -0.156. The number of carbonyl (C=O) groups is 3. The van der Waals surface area contributed by atoms with Crippen molar-refractivity contribution in [3.63, 3.8) is 0 Å². The van der Waals surface area contributed by atoms with Gasteiger partial charge in [0.15, 0.2) is 15.9 Å². The molecular formula is C17H22N2O6S. The third-order valence-corrected chi connectivity index (χ3v) is 5.75. The van der Waals surface area contributed by atoms with Gasteiger partial charge in [-0.05, 0) is 32.4 Å². The molecule has 0 aliphatic carbocycles. The Kier molecular flexibility index (Phi) is 6.36. The lowest BCUT2D eigenvalue weighted by Gasteiger charge is -2.19. The topological polar surface area (TPSA) is 119 Å². The Morgan fingerprint density at radius 3 is 2.38 bits per heavy atom. The highest BCUT2D eigenvalue weighted by atomic mass is 32.2. The van der Waals surface area contributed by atoms with Gasteiger partial charge in [0.2, 0.25) is 0 Å². The minimum absolute atomic E-state index is 0.0364. The van der Waals surface area contributed by atoms with Gasteiger partial charge in [0.1, 0.15) is 6.04 Å². The van der Waals surface area contributed by atoms with Crippen LogP contribution in [0.2, 0.25) is 0 Å². The van der Waals surface area contributed by atoms with E-state index in [2.05, 4.69) is 10.6 Å². The highest BCUT2D eigenvalue weighted by Crippen LogP contribution is 2.11. The molecule has 1 aliphatic rings. The zero-order chi connectivity index (χ0) is 19.3. The molecule has 0 saturated carbocycles. The fourth-order valence-electron chi connectivity index (χ4n) is 2.49. The van der Waals surface area contributed by atoms with Crippen molar-refractivity contribution in [3.05, 3.63) is 35.9 Å². The number of benzene rings is 1. The highest BCUT2D eigenvalue weighted by molar-refractivity contribution is 7.91. The number of amides is 2. The Hall–Kier alpha value is -2.42. The number of sulfone groups is 1. The van der Waals surface area contributed by atoms with Gasteiger partial charge in [-0.15, -0.1) is 0 Å². The molecule has 0 bridgehead atoms. The summed E-state index contributed by atoms with van der Waals surface area (Å²) in [6.07, 6.45) is -0.750. The standard InChI is InChI=1S/C17H22N2O6S/c1-11(18-16(21)13-6-4-3-5-7-13)17(22)25-12(2)15(20)19-14-8-9-26(23,24)10-14/h3-7,11-12,14H,8-10H2,1-2H3,(H,18,21)(H,19,20)/t11-,12+,14-/m0/s1. The zero-order valence-corrected chi connectivity index (χ0v) is 15.4. The average Bonchev–Trinajstić information content (AvgIpc) is 2.93. The molecule has 1 heterocycles. The summed E-state index contributed by atoms with van der Waals surface area (Å²) >= 11 is 0. The molecule has 9 heteroatoms. The van der Waals surface area contributed by atoms with Gasteiger partial charge in [-0.1, -0.05) is 18.2 Å². The van der Waals surface area contributed by atoms with Gasteiger partial charge < -0.3 is 15.4 Å². The number of hydrogen-bond donors (Lipinski definition) is 2. The van der Waals surface area contributed by atoms with Crippen molar-refractivity contribution in [2.75, 3.05) is 11.5 Å². The van der Waals surface area contributed by atoms with Gasteiger partial charge in [-0.2, -0.15) is 0 Å². The molecule has 2 rings (SSSR count). The van der Waals surface area contributed by atoms with Crippen LogP contribution in [0, 0.1) is 0 Å². The van der Waals surface area contributed by atoms with E-state index >= 15 is 0 Å². The van der Waals surface area contributed by atoms with Crippen LogP contribution in [0.25, 0.3) is 0 Å². The average molecular weight is 382 g/mol. The van der Waals surface area contributed by atoms with Gasteiger partial charge in [-0.3, -0.25) is 9.59 Å². The molecular weight excluding hydrogens is 360 g/mol. The van der Waals surface area contributed by atoms with Gasteiger partial charge in [0.05, 0.1) is 11.5 Å². The lowest BCUT2D eigenvalue weighted by Crippen LogP contribution is -2.45. The van der Waals surface area contributed by atoms with Gasteiger partial charge in [0.25, 0.3) is 11.8 Å². The first-order valence-corrected chi connectivity index (χ1v) is 10.1. The van der Waals surface area contributed by atoms with E-state index < -0.39 is 45.8 Å². The highest BCUT2D eigenvalue weighted by Gasteiger charge is 2.31. The molecule has 1 aromatic carbocycles. The molecule has 1 saturated heterocycles. The van der Waals surface area contributed by atoms with Crippen LogP contribution in [0.1, 0.15) is 30.6 Å². The summed E-state index contributed by atoms with van der Waals surface area (Å²) in [4.78, 5) is 36.1. The normalized spacial score (nSPS) is 20.6. The predicted molar refractivity (Wildman–Crippen MR) is 94.1 cm³/mol. The Morgan fingerprint density at radius 2 is 1.81 bits per heavy atom. The number of ether oxygens (including phenoxy) is 1. The Morgan fingerprint density at radius 1 is 1.15 bits per heavy atom. The van der Waals surface area contributed by atoms with E-state index in [-0.39, 0.29) is 11.5 Å². The van der Waals surface area contributed by atoms with Gasteiger partial charge in [0, 0.05) is 11.6 Å². The molecule has 0 radical (unpaired) electrons. The molecule has 0 spiro atoms. The second-order valence-corrected chi connectivity index (χ2v) is 8.48. The smallest absolute Gasteiger partial charge is 0.329 e. The van der Waals surface area contributed by atoms with Crippen LogP contribution in [-0.4, -0.2) is 55.9 Å². The van der Waals surface area contributed by atoms with Crippen molar-refractivity contribution in [2.45, 2.75) is 38.5 Å². The maximum absolute atomic E-state index is 12.1. The van der Waals surface area contributed by atoms with Crippen molar-refractivity contribution in [3.8, 4) is 0 Å². The summed E-state index contributed by atoms with van der Waals surface area (Å²) in [6, 6.07) is 6.98. The monoisotopic (exact) mass is 382 g/mol. The van der Waals surface area contributed by atoms with Crippen molar-refractivity contribution in [1.82, 2.24) is 10.6 Å². The van der Waals surface area contributed by atoms with E-state index in [1.165, 1.54) is 13.8 Å². The molecule has 1 aliphatic heterocycles. The van der Waals surface area contributed by atoms with Crippen LogP contribution in [-0.2, 0) is 24.2 Å². The van der Waals surface area contributed by atoms with Crippen molar-refractivity contribution >= 4 is 27.6 Å². The molecule has 8 nitrogen and oxygen atoms in total. The molecule has 1 fully saturated rings. The second-order valence-electron chi connectivity index (χ2n) is 6.25. The number of hydrogen-bond acceptors (Lipinski definition) is 6. The summed E-state index contributed by atoms with van der Waals surface area (Å²) in [6.45, 7) is 2.85. The molecule has 0 unspecified atom stereocenters. The molecule has 0 aromatic heterocycles. The van der Waals surface area contributed by atoms with Crippen molar-refractivity contribution in [2.24, 2.45) is 0 Å². The van der Waals surface area contributed by atoms with E-state index in [1.54, 1.807) is 30.3 Å². The summed E-state index contributed by atoms with van der Waals surface area (Å²) in [5.74, 6) is -1.82. The Bertz CT molecular complexity index is 778. The SMILES string of the molecule is C[C@H](NC(=O)c1ccccc1)C(=O)O[C@H](C)C(=O)N[C@H]1CCS(=O)(=O)C1. The van der Waals surface area contributed by atoms with Crippen LogP contribution < -0.4 is 10.6 Å². The van der Waals surface area contributed by atoms with E-state index in [0.717, 1.165) is 0 Å². The van der Waals surface area contributed by atoms with Crippen LogP contribution in [0.3, 0.4) is 0 Å². The van der Waals surface area contributed by atoms with E-state index in [0.29, 0.717) is 12.0 Å². The Labute approximate surface area is 152 Å². The molecule has 1 aromatic rings. The number of nitrogens with one attached hydrogen (secondary N) is 2. The number of carbonyl (C=O) groups excluding carboxylic acids is 3. The van der Waals surface area contributed by atoms with Gasteiger partial charge >= 0.3 is 5.97 Å². The van der Waals surface area contributed by atoms with Crippen molar-refractivity contribution < 1.29 is 27.5 Å². The first-order chi connectivity index (χ1) is 12.2. The largest absolute Gasteiger partial charge is 0.451 e. The first-order valence-electron chi connectivity index (χ1n) is 8.25. The van der Waals surface area contributed by atoms with Crippen molar-refractivity contribution in [1.29, 1.82) is 0 Å². The Balaban J connectivity index is 1.82. The summed E-state index contributed by atoms with van der Waals surface area (Å²) < 4.78 is 27.9. The minimum atomic E-state index is -3.11. The van der Waals surface area contributed by atoms with Crippen LogP contribution in [0.15, 0.2) is 30.3 Å². The van der Waals surface area contributed by atoms with Crippen LogP contribution in [0.4, 0.5) is 0 Å². The second kappa shape index (κ2) is 8.31. The maximum Gasteiger partial charge on any atom is 0.329 e. The number of rotatable bonds is 6. The summed E-state index contributed by atoms with van der Waals surface area (Å²) in [5.41, 5.74) is 0.403. The fourth-order valence-corrected chi connectivity index (χ4v) is 4.16. The molecule has 2 N–H and O–H groups in total. The summed E-state index contributed by atoms with van der Waals surface area (Å²) in [7, 11) is -3.11. The third kappa shape index (κ3) is 5.55. The van der Waals surface area contributed by atoms with Crippen LogP contribution in [0.5, 0.6) is 0 Å². The lowest BCUT2D eigenvalue weighted by atomic mass is 10.2. The molecule has 26 heavy (non-hydrogen) atoms. The zero-order valence-electron chi connectivity index (χ0n) is 14.6. The molecule has 142 valence electrons. The molecule has 2 amide bonds. The molecule has 3 atom stereocenters. The van der Waals surface area contributed by atoms with Crippen LogP contribution >= 0.6 is 0 Å². The predicted octanol–water partition coefficient (Wildman–Crippen LogP) is 0.0399. The quantitative estimate of drug-likeness (QED) is 0.671. The van der Waals surface area contributed by atoms with E-state index in [9.17, 15) is 22.8 Å². The number of esters is 1. The maximum atomic E-state index is 12.1. The fraction of sp³-hybridized carbons (Fsp3) is 0.471. The van der Waals surface area contributed by atoms with Gasteiger partial charge in [-0.25, -0.2) is 13.2 Å². The first kappa shape index (κ1) is 19.9. The third-order valence-electron chi connectivity index (χ3n) is 3.98. The van der Waals surface area contributed by atoms with E-state index in [4.69, 9.17) is 4.74 Å².